The second-order valence-corrected chi connectivity index (χ2v) is 16.8. The molecule has 1 aromatic heterocycles. The number of nitrogens with zero attached hydrogens (tertiary/aromatic N) is 4. The van der Waals surface area contributed by atoms with E-state index in [4.69, 9.17) is 9.98 Å². The van der Waals surface area contributed by atoms with Gasteiger partial charge in [0.1, 0.15) is 5.83 Å². The fourth-order valence-electron chi connectivity index (χ4n) is 10.00. The molecule has 3 aromatic carbocycles. The Kier molecular flexibility index (Phi) is 9.01. The molecule has 0 radical (unpaired) electrons. The number of benzene rings is 3. The van der Waals surface area contributed by atoms with Crippen LogP contribution >= 0.6 is 0 Å². The Morgan fingerprint density at radius 2 is 1.84 bits per heavy atom. The fraction of sp³-hybridized carbons (Fsp3) is 0.294. The van der Waals surface area contributed by atoms with Gasteiger partial charge in [0, 0.05) is 40.8 Å². The third-order valence-corrected chi connectivity index (χ3v) is 13.3. The van der Waals surface area contributed by atoms with Gasteiger partial charge in [0.15, 0.2) is 12.3 Å². The first-order valence-corrected chi connectivity index (χ1v) is 20.5. The first-order chi connectivity index (χ1) is 28.3. The van der Waals surface area contributed by atoms with Crippen LogP contribution in [0.15, 0.2) is 124 Å². The van der Waals surface area contributed by atoms with Crippen LogP contribution in [-0.2, 0) is 6.42 Å². The second-order valence-electron chi connectivity index (χ2n) is 16.8. The summed E-state index contributed by atoms with van der Waals surface area (Å²) in [5.74, 6) is -0.248. The van der Waals surface area contributed by atoms with Gasteiger partial charge in [-0.1, -0.05) is 91.9 Å². The molecule has 6 atom stereocenters. The van der Waals surface area contributed by atoms with Gasteiger partial charge in [-0.05, 0) is 119 Å². The van der Waals surface area contributed by atoms with Gasteiger partial charge in [-0.15, -0.1) is 0 Å². The molecule has 1 saturated carbocycles. The van der Waals surface area contributed by atoms with Gasteiger partial charge in [-0.3, -0.25) is 9.98 Å². The molecular weight excluding hydrogens is 726 g/mol. The molecule has 286 valence electrons. The first-order valence-electron chi connectivity index (χ1n) is 20.5. The van der Waals surface area contributed by atoms with Crippen LogP contribution < -0.4 is 0 Å². The zero-order valence-electron chi connectivity index (χ0n) is 32.2. The normalized spacial score (nSPS) is 26.8. The molecule has 1 fully saturated rings. The topological polar surface area (TPSA) is 72.8 Å². The zero-order valence-corrected chi connectivity index (χ0v) is 32.2. The smallest absolute Gasteiger partial charge is 0.171 e. The number of aromatic nitrogens is 1. The van der Waals surface area contributed by atoms with E-state index < -0.39 is 29.3 Å². The number of halogens is 3. The summed E-state index contributed by atoms with van der Waals surface area (Å²) in [6, 6.07) is 24.8. The fourth-order valence-corrected chi connectivity index (χ4v) is 10.00. The van der Waals surface area contributed by atoms with Crippen molar-refractivity contribution in [2.24, 2.45) is 16.8 Å². The Morgan fingerprint density at radius 3 is 2.67 bits per heavy atom. The van der Waals surface area contributed by atoms with E-state index in [0.29, 0.717) is 23.8 Å². The molecule has 6 unspecified atom stereocenters. The van der Waals surface area contributed by atoms with Crippen LogP contribution in [0.5, 0.6) is 0 Å². The SMILES string of the molecule is CC1CC=Cc2cc(C3C=Nc4c(ccc5cc(C6=CC7/C(=C(\C#N)C8=C(F)C(/C=C/CC9CC9)=C(C#N)C(F)C8F)c8ccccc8C7CC6)cnc45)C3)ccc21. The van der Waals surface area contributed by atoms with Gasteiger partial charge >= 0.3 is 0 Å². The number of allylic oxidation sites excluding steroid dienone is 11. The molecule has 7 heteroatoms. The van der Waals surface area contributed by atoms with Gasteiger partial charge in [0.2, 0.25) is 0 Å². The van der Waals surface area contributed by atoms with Gasteiger partial charge in [-0.25, -0.2) is 13.2 Å². The lowest BCUT2D eigenvalue weighted by Crippen LogP contribution is -2.29. The van der Waals surface area contributed by atoms with Crippen molar-refractivity contribution in [1.29, 1.82) is 10.5 Å². The lowest BCUT2D eigenvalue weighted by atomic mass is 9.76. The number of fused-ring (bicyclic) bond motifs is 7. The quantitative estimate of drug-likeness (QED) is 0.183. The Labute approximate surface area is 336 Å². The maximum absolute atomic E-state index is 16.6. The molecule has 1 aliphatic heterocycles. The summed E-state index contributed by atoms with van der Waals surface area (Å²) < 4.78 is 48.5. The standard InChI is InChI=1S/C51H41F3N4/c1-28-6-4-8-32-20-30(16-18-37(28)32)35-21-33-14-15-34-22-36(27-58-51(34)50(33)57-26-35)31-17-19-39-38-9-2-3-10-40(38)45(42(39)23-31)44(25-56)46-47(52)41(11-5-7-29-12-13-29)43(24-55)48(53)49(46)54/h2-5,8-11,14-16,18,20,22-23,26-29,35,39,42,48-49H,6-7,12-13,17,19,21H2,1H3/b11-5+,45-44+. The van der Waals surface area contributed by atoms with Crippen LogP contribution in [-0.4, -0.2) is 23.5 Å². The minimum atomic E-state index is -2.50. The van der Waals surface area contributed by atoms with Gasteiger partial charge < -0.3 is 0 Å². The first kappa shape index (κ1) is 36.3. The highest BCUT2D eigenvalue weighted by atomic mass is 19.2. The molecule has 4 nitrogen and oxygen atoms in total. The number of alkyl halides is 2. The highest BCUT2D eigenvalue weighted by Crippen LogP contribution is 2.56. The molecule has 58 heavy (non-hydrogen) atoms. The maximum Gasteiger partial charge on any atom is 0.171 e. The third kappa shape index (κ3) is 6.02. The van der Waals surface area contributed by atoms with E-state index in [1.54, 1.807) is 12.1 Å². The summed E-state index contributed by atoms with van der Waals surface area (Å²) in [6.45, 7) is 2.27. The van der Waals surface area contributed by atoms with Crippen molar-refractivity contribution in [2.75, 3.05) is 0 Å². The number of pyridine rings is 1. The summed E-state index contributed by atoms with van der Waals surface area (Å²) in [6.07, 6.45) is 15.0. The Hall–Kier alpha value is -6.05. The summed E-state index contributed by atoms with van der Waals surface area (Å²) in [5, 5.41) is 21.5. The van der Waals surface area contributed by atoms with E-state index in [0.717, 1.165) is 82.9 Å². The lowest BCUT2D eigenvalue weighted by Gasteiger charge is -2.28. The van der Waals surface area contributed by atoms with Gasteiger partial charge in [0.25, 0.3) is 0 Å². The molecule has 0 spiro atoms. The second kappa shape index (κ2) is 14.4. The van der Waals surface area contributed by atoms with Crippen molar-refractivity contribution in [2.45, 2.75) is 82.0 Å². The Morgan fingerprint density at radius 1 is 0.983 bits per heavy atom. The van der Waals surface area contributed by atoms with E-state index in [9.17, 15) is 10.5 Å². The summed E-state index contributed by atoms with van der Waals surface area (Å²) in [4.78, 5) is 9.96. The van der Waals surface area contributed by atoms with Crippen molar-refractivity contribution in [3.8, 4) is 12.1 Å². The van der Waals surface area contributed by atoms with Crippen molar-refractivity contribution in [3.63, 3.8) is 0 Å². The molecule has 5 aliphatic carbocycles. The highest BCUT2D eigenvalue weighted by molar-refractivity contribution is 5.96. The van der Waals surface area contributed by atoms with Crippen LogP contribution in [0, 0.1) is 34.5 Å². The van der Waals surface area contributed by atoms with E-state index >= 15 is 13.2 Å². The van der Waals surface area contributed by atoms with Crippen LogP contribution in [0.2, 0.25) is 0 Å². The number of hydrogen-bond acceptors (Lipinski definition) is 4. The van der Waals surface area contributed by atoms with Crippen molar-refractivity contribution < 1.29 is 13.2 Å². The number of hydrogen-bond donors (Lipinski definition) is 0. The molecule has 0 saturated heterocycles. The van der Waals surface area contributed by atoms with Crippen LogP contribution in [0.3, 0.4) is 0 Å². The molecule has 2 heterocycles. The highest BCUT2D eigenvalue weighted by Gasteiger charge is 2.45. The van der Waals surface area contributed by atoms with Crippen LogP contribution in [0.4, 0.5) is 18.9 Å². The maximum atomic E-state index is 16.6. The lowest BCUT2D eigenvalue weighted by molar-refractivity contribution is 0.223. The third-order valence-electron chi connectivity index (χ3n) is 13.3. The van der Waals surface area contributed by atoms with E-state index in [1.807, 2.05) is 30.5 Å². The van der Waals surface area contributed by atoms with Crippen LogP contribution in [0.1, 0.15) is 102 Å². The molecule has 0 N–H and O–H groups in total. The predicted octanol–water partition coefficient (Wildman–Crippen LogP) is 12.8. The van der Waals surface area contributed by atoms with Crippen LogP contribution in [0.25, 0.3) is 28.1 Å². The molecule has 10 rings (SSSR count). The van der Waals surface area contributed by atoms with E-state index in [-0.39, 0.29) is 28.9 Å². The molecular formula is C51H41F3N4. The minimum Gasteiger partial charge on any atom is -0.258 e. The van der Waals surface area contributed by atoms with Crippen molar-refractivity contribution in [3.05, 3.63) is 158 Å². The van der Waals surface area contributed by atoms with Crippen molar-refractivity contribution >= 4 is 40.0 Å². The molecule has 0 bridgehead atoms. The number of nitriles is 2. The summed E-state index contributed by atoms with van der Waals surface area (Å²) in [5.41, 5.74) is 9.42. The monoisotopic (exact) mass is 766 g/mol. The van der Waals surface area contributed by atoms with E-state index in [2.05, 4.69) is 73.8 Å². The number of aliphatic imine (C=N–C) groups is 1. The van der Waals surface area contributed by atoms with Gasteiger partial charge in [0.05, 0.1) is 34.5 Å². The number of rotatable bonds is 6. The average molecular weight is 767 g/mol. The molecule has 0 amide bonds. The van der Waals surface area contributed by atoms with E-state index in [1.165, 1.54) is 22.8 Å². The minimum absolute atomic E-state index is 0.0230. The summed E-state index contributed by atoms with van der Waals surface area (Å²) >= 11 is 0. The molecule has 4 aromatic rings. The Bertz CT molecular complexity index is 2730. The van der Waals surface area contributed by atoms with Crippen molar-refractivity contribution in [1.82, 2.24) is 4.98 Å². The largest absolute Gasteiger partial charge is 0.258 e. The zero-order chi connectivity index (χ0) is 39.7. The average Bonchev–Trinajstić information content (AvgIpc) is 4.03. The Balaban J connectivity index is 1.01. The van der Waals surface area contributed by atoms with Gasteiger partial charge in [-0.2, -0.15) is 10.5 Å². The predicted molar refractivity (Wildman–Crippen MR) is 224 cm³/mol. The molecule has 6 aliphatic rings. The summed E-state index contributed by atoms with van der Waals surface area (Å²) in [7, 11) is 0.